The fourth-order valence-corrected chi connectivity index (χ4v) is 3.00. The average molecular weight is 380 g/mol. The standard InChI is InChI=1S/C21H17FN2O2S/c22-17-10-8-15(9-11-17)14-23-21(26)19(13-18-7-4-12-27-18)24-20(25)16-5-2-1-3-6-16/h1-13H,14H2,(H,23,26)(H,24,25)/b19-13-. The van der Waals surface area contributed by atoms with Crippen LogP contribution in [-0.4, -0.2) is 11.8 Å². The summed E-state index contributed by atoms with van der Waals surface area (Å²) < 4.78 is 13.0. The number of hydrogen-bond acceptors (Lipinski definition) is 3. The van der Waals surface area contributed by atoms with Crippen LogP contribution in [0, 0.1) is 5.82 Å². The molecule has 0 saturated carbocycles. The molecule has 2 aromatic carbocycles. The molecule has 0 atom stereocenters. The van der Waals surface area contributed by atoms with Gasteiger partial charge in [0.1, 0.15) is 11.5 Å². The van der Waals surface area contributed by atoms with E-state index in [9.17, 15) is 14.0 Å². The smallest absolute Gasteiger partial charge is 0.268 e. The highest BCUT2D eigenvalue weighted by atomic mass is 32.1. The van der Waals surface area contributed by atoms with Gasteiger partial charge in [0.2, 0.25) is 0 Å². The van der Waals surface area contributed by atoms with Gasteiger partial charge in [0.15, 0.2) is 0 Å². The molecule has 1 aromatic heterocycles. The second-order valence-corrected chi connectivity index (χ2v) is 6.68. The maximum absolute atomic E-state index is 13.0. The Balaban J connectivity index is 1.74. The van der Waals surface area contributed by atoms with Gasteiger partial charge in [-0.05, 0) is 47.4 Å². The van der Waals surface area contributed by atoms with Gasteiger partial charge in [0.05, 0.1) is 0 Å². The number of benzene rings is 2. The maximum Gasteiger partial charge on any atom is 0.268 e. The van der Waals surface area contributed by atoms with E-state index in [4.69, 9.17) is 0 Å². The SMILES string of the molecule is O=C(NCc1ccc(F)cc1)/C(=C/c1cccs1)NC(=O)c1ccccc1. The second-order valence-electron chi connectivity index (χ2n) is 5.70. The first-order chi connectivity index (χ1) is 13.1. The van der Waals surface area contributed by atoms with Gasteiger partial charge < -0.3 is 10.6 Å². The van der Waals surface area contributed by atoms with E-state index in [2.05, 4.69) is 10.6 Å². The van der Waals surface area contributed by atoms with Crippen LogP contribution >= 0.6 is 11.3 Å². The Labute approximate surface area is 160 Å². The number of rotatable bonds is 6. The number of thiophene rings is 1. The fraction of sp³-hybridized carbons (Fsp3) is 0.0476. The van der Waals surface area contributed by atoms with Crippen LogP contribution in [0.3, 0.4) is 0 Å². The van der Waals surface area contributed by atoms with E-state index < -0.39 is 5.91 Å². The Morgan fingerprint density at radius 3 is 2.37 bits per heavy atom. The largest absolute Gasteiger partial charge is 0.347 e. The molecule has 0 radical (unpaired) electrons. The summed E-state index contributed by atoms with van der Waals surface area (Å²) >= 11 is 1.46. The molecule has 0 fully saturated rings. The van der Waals surface area contributed by atoms with Gasteiger partial charge in [0, 0.05) is 17.0 Å². The molecular weight excluding hydrogens is 363 g/mol. The third-order valence-corrected chi connectivity index (χ3v) is 4.54. The van der Waals surface area contributed by atoms with Gasteiger partial charge in [-0.3, -0.25) is 9.59 Å². The lowest BCUT2D eigenvalue weighted by Gasteiger charge is -2.11. The van der Waals surface area contributed by atoms with Crippen LogP contribution < -0.4 is 10.6 Å². The minimum Gasteiger partial charge on any atom is -0.347 e. The van der Waals surface area contributed by atoms with Gasteiger partial charge in [-0.25, -0.2) is 4.39 Å². The Morgan fingerprint density at radius 1 is 0.963 bits per heavy atom. The topological polar surface area (TPSA) is 58.2 Å². The van der Waals surface area contributed by atoms with E-state index in [1.807, 2.05) is 23.6 Å². The van der Waals surface area contributed by atoms with Crippen molar-refractivity contribution in [3.05, 3.63) is 99.6 Å². The minimum absolute atomic E-state index is 0.147. The van der Waals surface area contributed by atoms with Crippen molar-refractivity contribution in [3.8, 4) is 0 Å². The zero-order chi connectivity index (χ0) is 19.1. The molecule has 136 valence electrons. The van der Waals surface area contributed by atoms with Crippen molar-refractivity contribution in [3.63, 3.8) is 0 Å². The molecule has 0 bridgehead atoms. The minimum atomic E-state index is -0.419. The maximum atomic E-state index is 13.0. The van der Waals surface area contributed by atoms with Crippen molar-refractivity contribution >= 4 is 29.2 Å². The molecule has 3 rings (SSSR count). The van der Waals surface area contributed by atoms with Gasteiger partial charge in [-0.1, -0.05) is 36.4 Å². The first kappa shape index (κ1) is 18.5. The average Bonchev–Trinajstić information content (AvgIpc) is 3.20. The van der Waals surface area contributed by atoms with E-state index in [1.54, 1.807) is 42.5 Å². The molecular formula is C21H17FN2O2S. The predicted molar refractivity (Wildman–Crippen MR) is 104 cm³/mol. The van der Waals surface area contributed by atoms with Gasteiger partial charge in [0.25, 0.3) is 11.8 Å². The van der Waals surface area contributed by atoms with Crippen molar-refractivity contribution in [1.82, 2.24) is 10.6 Å². The molecule has 0 aliphatic rings. The lowest BCUT2D eigenvalue weighted by Crippen LogP contribution is -2.34. The molecule has 6 heteroatoms. The second kappa shape index (κ2) is 8.91. The van der Waals surface area contributed by atoms with Crippen molar-refractivity contribution in [2.45, 2.75) is 6.54 Å². The molecule has 3 aromatic rings. The highest BCUT2D eigenvalue weighted by Gasteiger charge is 2.14. The first-order valence-corrected chi connectivity index (χ1v) is 9.14. The summed E-state index contributed by atoms with van der Waals surface area (Å²) in [6, 6.07) is 18.3. The van der Waals surface area contributed by atoms with E-state index in [-0.39, 0.29) is 24.0 Å². The zero-order valence-corrected chi connectivity index (χ0v) is 15.1. The Kier molecular flexibility index (Phi) is 6.12. The number of carbonyl (C=O) groups is 2. The lowest BCUT2D eigenvalue weighted by atomic mass is 10.2. The van der Waals surface area contributed by atoms with Crippen molar-refractivity contribution < 1.29 is 14.0 Å². The highest BCUT2D eigenvalue weighted by molar-refractivity contribution is 7.10. The normalized spacial score (nSPS) is 11.1. The van der Waals surface area contributed by atoms with Crippen LogP contribution in [0.4, 0.5) is 4.39 Å². The Hall–Kier alpha value is -3.25. The molecule has 27 heavy (non-hydrogen) atoms. The molecule has 0 saturated heterocycles. The molecule has 4 nitrogen and oxygen atoms in total. The van der Waals surface area contributed by atoms with Gasteiger partial charge in [-0.15, -0.1) is 11.3 Å². The third-order valence-electron chi connectivity index (χ3n) is 3.72. The number of nitrogens with one attached hydrogen (secondary N) is 2. The van der Waals surface area contributed by atoms with Crippen molar-refractivity contribution in [2.75, 3.05) is 0 Å². The number of halogens is 1. The number of carbonyl (C=O) groups excluding carboxylic acids is 2. The van der Waals surface area contributed by atoms with Crippen LogP contribution in [0.25, 0.3) is 6.08 Å². The zero-order valence-electron chi connectivity index (χ0n) is 14.3. The molecule has 2 amide bonds. The van der Waals surface area contributed by atoms with E-state index in [0.29, 0.717) is 5.56 Å². The van der Waals surface area contributed by atoms with E-state index in [1.165, 1.54) is 23.5 Å². The summed E-state index contributed by atoms with van der Waals surface area (Å²) in [5.41, 5.74) is 1.36. The monoisotopic (exact) mass is 380 g/mol. The number of hydrogen-bond donors (Lipinski definition) is 2. The fourth-order valence-electron chi connectivity index (χ4n) is 2.34. The summed E-state index contributed by atoms with van der Waals surface area (Å²) in [5, 5.41) is 7.31. The van der Waals surface area contributed by atoms with Gasteiger partial charge >= 0.3 is 0 Å². The lowest BCUT2D eigenvalue weighted by molar-refractivity contribution is -0.117. The van der Waals surface area contributed by atoms with E-state index in [0.717, 1.165) is 10.4 Å². The van der Waals surface area contributed by atoms with Crippen LogP contribution in [0.2, 0.25) is 0 Å². The first-order valence-electron chi connectivity index (χ1n) is 8.26. The number of amides is 2. The molecule has 1 heterocycles. The molecule has 0 aliphatic carbocycles. The summed E-state index contributed by atoms with van der Waals surface area (Å²) in [5.74, 6) is -1.12. The third kappa shape index (κ3) is 5.36. The molecule has 0 spiro atoms. The summed E-state index contributed by atoms with van der Waals surface area (Å²) in [6.07, 6.45) is 1.63. The molecule has 0 aliphatic heterocycles. The van der Waals surface area contributed by atoms with Crippen LogP contribution in [-0.2, 0) is 11.3 Å². The van der Waals surface area contributed by atoms with Gasteiger partial charge in [-0.2, -0.15) is 0 Å². The van der Waals surface area contributed by atoms with Crippen molar-refractivity contribution in [2.24, 2.45) is 0 Å². The summed E-state index contributed by atoms with van der Waals surface area (Å²) in [4.78, 5) is 25.9. The molecule has 2 N–H and O–H groups in total. The molecule has 0 unspecified atom stereocenters. The highest BCUT2D eigenvalue weighted by Crippen LogP contribution is 2.13. The predicted octanol–water partition coefficient (Wildman–Crippen LogP) is 3.97. The summed E-state index contributed by atoms with van der Waals surface area (Å²) in [7, 11) is 0. The van der Waals surface area contributed by atoms with Crippen molar-refractivity contribution in [1.29, 1.82) is 0 Å². The van der Waals surface area contributed by atoms with Crippen LogP contribution in [0.15, 0.2) is 77.8 Å². The van der Waals surface area contributed by atoms with Crippen LogP contribution in [0.5, 0.6) is 0 Å². The Morgan fingerprint density at radius 2 is 1.70 bits per heavy atom. The quantitative estimate of drug-likeness (QED) is 0.636. The van der Waals surface area contributed by atoms with Crippen LogP contribution in [0.1, 0.15) is 20.8 Å². The summed E-state index contributed by atoms with van der Waals surface area (Å²) in [6.45, 7) is 0.224. The van der Waals surface area contributed by atoms with E-state index >= 15 is 0 Å². The Bertz CT molecular complexity index is 936.